The summed E-state index contributed by atoms with van der Waals surface area (Å²) >= 11 is 1.74. The van der Waals surface area contributed by atoms with E-state index in [0.717, 1.165) is 62.3 Å². The van der Waals surface area contributed by atoms with Crippen LogP contribution in [0.1, 0.15) is 38.4 Å². The summed E-state index contributed by atoms with van der Waals surface area (Å²) in [6.07, 6.45) is 5.57. The molecule has 3 aromatic heterocycles. The van der Waals surface area contributed by atoms with Crippen molar-refractivity contribution in [2.75, 3.05) is 18.9 Å². The fourth-order valence-electron chi connectivity index (χ4n) is 3.57. The lowest BCUT2D eigenvalue weighted by molar-refractivity contribution is 0.0613. The molecule has 4 rings (SSSR count). The fraction of sp³-hybridized carbons (Fsp3) is 0.556. The van der Waals surface area contributed by atoms with Gasteiger partial charge in [0.25, 0.3) is 0 Å². The number of aromatic nitrogens is 3. The number of fused-ring (bicyclic) bond motifs is 3. The van der Waals surface area contributed by atoms with Gasteiger partial charge in [-0.3, -0.25) is 0 Å². The highest BCUT2D eigenvalue weighted by atomic mass is 32.1. The molecule has 2 N–H and O–H groups in total. The average molecular weight is 344 g/mol. The molecule has 0 unspecified atom stereocenters. The van der Waals surface area contributed by atoms with E-state index in [-0.39, 0.29) is 0 Å². The predicted molar refractivity (Wildman–Crippen MR) is 99.5 cm³/mol. The molecule has 0 saturated carbocycles. The number of hydrogen-bond acceptors (Lipinski definition) is 5. The molecule has 3 aromatic rings. The van der Waals surface area contributed by atoms with Gasteiger partial charge in [0.2, 0.25) is 0 Å². The van der Waals surface area contributed by atoms with Crippen molar-refractivity contribution in [3.8, 4) is 0 Å². The van der Waals surface area contributed by atoms with Crippen molar-refractivity contribution < 1.29 is 4.74 Å². The van der Waals surface area contributed by atoms with E-state index in [0.29, 0.717) is 11.7 Å². The smallest absolute Gasteiger partial charge is 0.152 e. The molecule has 0 bridgehead atoms. The van der Waals surface area contributed by atoms with Crippen LogP contribution in [0.5, 0.6) is 0 Å². The number of nitrogens with zero attached hydrogens (tertiary/aromatic N) is 3. The summed E-state index contributed by atoms with van der Waals surface area (Å²) in [6, 6.07) is 2.05. The molecule has 24 heavy (non-hydrogen) atoms. The van der Waals surface area contributed by atoms with E-state index < -0.39 is 0 Å². The number of aryl methyl sites for hydroxylation is 1. The number of nitrogens with two attached hydrogens (primary N) is 1. The third-order valence-electron chi connectivity index (χ3n) is 4.93. The van der Waals surface area contributed by atoms with Gasteiger partial charge in [-0.05, 0) is 36.6 Å². The zero-order valence-electron chi connectivity index (χ0n) is 14.1. The third kappa shape index (κ3) is 2.78. The molecule has 0 amide bonds. The lowest BCUT2D eigenvalue weighted by atomic mass is 10.00. The van der Waals surface area contributed by atoms with Crippen LogP contribution in [0, 0.1) is 5.92 Å². The molecule has 128 valence electrons. The summed E-state index contributed by atoms with van der Waals surface area (Å²) in [5, 5.41) is 2.09. The molecule has 0 spiro atoms. The van der Waals surface area contributed by atoms with Crippen molar-refractivity contribution >= 4 is 38.4 Å². The fourth-order valence-corrected chi connectivity index (χ4v) is 4.45. The first kappa shape index (κ1) is 15.8. The molecule has 1 fully saturated rings. The maximum atomic E-state index is 6.22. The van der Waals surface area contributed by atoms with E-state index in [1.54, 1.807) is 11.3 Å². The highest BCUT2D eigenvalue weighted by Gasteiger charge is 2.21. The Morgan fingerprint density at radius 1 is 1.33 bits per heavy atom. The first-order chi connectivity index (χ1) is 11.8. The number of anilines is 1. The maximum absolute atomic E-state index is 6.22. The Morgan fingerprint density at radius 2 is 2.17 bits per heavy atom. The summed E-state index contributed by atoms with van der Waals surface area (Å²) in [6.45, 7) is 4.98. The van der Waals surface area contributed by atoms with Crippen LogP contribution in [-0.2, 0) is 17.7 Å². The highest BCUT2D eigenvalue weighted by molar-refractivity contribution is 7.18. The largest absolute Gasteiger partial charge is 0.382 e. The summed E-state index contributed by atoms with van der Waals surface area (Å²) in [7, 11) is 0. The van der Waals surface area contributed by atoms with Crippen molar-refractivity contribution in [1.82, 2.24) is 14.5 Å². The number of nitrogen functional groups attached to an aromatic ring is 1. The van der Waals surface area contributed by atoms with Crippen molar-refractivity contribution in [3.63, 3.8) is 0 Å². The zero-order chi connectivity index (χ0) is 16.5. The third-order valence-corrected chi connectivity index (χ3v) is 5.84. The predicted octanol–water partition coefficient (Wildman–Crippen LogP) is 4.00. The molecule has 1 saturated heterocycles. The zero-order valence-corrected chi connectivity index (χ0v) is 14.9. The monoisotopic (exact) mass is 344 g/mol. The van der Waals surface area contributed by atoms with Crippen LogP contribution in [0.3, 0.4) is 0 Å². The number of ether oxygens (including phenoxy) is 1. The molecular formula is C18H24N4OS. The second-order valence-corrected chi connectivity index (χ2v) is 7.54. The lowest BCUT2D eigenvalue weighted by Gasteiger charge is -2.23. The molecule has 0 atom stereocenters. The lowest BCUT2D eigenvalue weighted by Crippen LogP contribution is -2.21. The van der Waals surface area contributed by atoms with Crippen LogP contribution < -0.4 is 5.73 Å². The van der Waals surface area contributed by atoms with Gasteiger partial charge >= 0.3 is 0 Å². The van der Waals surface area contributed by atoms with Gasteiger partial charge in [0.15, 0.2) is 5.82 Å². The molecule has 0 aliphatic carbocycles. The normalized spacial score (nSPS) is 16.4. The minimum absolute atomic E-state index is 0.555. The summed E-state index contributed by atoms with van der Waals surface area (Å²) in [5.74, 6) is 2.37. The Bertz CT molecular complexity index is 848. The maximum Gasteiger partial charge on any atom is 0.152 e. The molecule has 1 aliphatic heterocycles. The van der Waals surface area contributed by atoms with E-state index in [1.165, 1.54) is 16.6 Å². The van der Waals surface area contributed by atoms with Gasteiger partial charge in [0.05, 0.1) is 15.7 Å². The first-order valence-electron chi connectivity index (χ1n) is 8.87. The van der Waals surface area contributed by atoms with E-state index in [2.05, 4.69) is 21.9 Å². The van der Waals surface area contributed by atoms with Crippen LogP contribution in [-0.4, -0.2) is 27.7 Å². The Balaban J connectivity index is 1.85. The van der Waals surface area contributed by atoms with Gasteiger partial charge in [-0.15, -0.1) is 11.3 Å². The second kappa shape index (κ2) is 6.69. The molecule has 0 radical (unpaired) electrons. The Labute approximate surface area is 145 Å². The molecule has 0 aromatic carbocycles. The molecule has 4 heterocycles. The van der Waals surface area contributed by atoms with Crippen molar-refractivity contribution in [3.05, 3.63) is 17.3 Å². The van der Waals surface area contributed by atoms with Crippen LogP contribution in [0.15, 0.2) is 11.4 Å². The summed E-state index contributed by atoms with van der Waals surface area (Å²) in [5.41, 5.74) is 9.27. The van der Waals surface area contributed by atoms with Crippen LogP contribution in [0.25, 0.3) is 21.3 Å². The topological polar surface area (TPSA) is 66.0 Å². The minimum atomic E-state index is 0.555. The number of pyridine rings is 1. The van der Waals surface area contributed by atoms with E-state index in [9.17, 15) is 0 Å². The van der Waals surface area contributed by atoms with Crippen LogP contribution >= 0.6 is 11.3 Å². The van der Waals surface area contributed by atoms with Gasteiger partial charge in [-0.2, -0.15) is 0 Å². The van der Waals surface area contributed by atoms with Gasteiger partial charge < -0.3 is 15.0 Å². The van der Waals surface area contributed by atoms with Crippen molar-refractivity contribution in [2.24, 2.45) is 5.92 Å². The molecule has 6 heteroatoms. The number of thiophene rings is 1. The Hall–Kier alpha value is -1.66. The number of imidazole rings is 1. The molecule has 1 aliphatic rings. The Kier molecular flexibility index (Phi) is 4.41. The standard InChI is InChI=1S/C18H24N4OS/c1-2-3-4-14-21-15-16(17-13(7-10-24-17)20-18(15)19)22(14)11-12-5-8-23-9-6-12/h7,10,12H,2-6,8-9,11H2,1H3,(H2,19,20). The molecule has 5 nitrogen and oxygen atoms in total. The van der Waals surface area contributed by atoms with E-state index in [1.807, 2.05) is 6.07 Å². The number of unbranched alkanes of at least 4 members (excludes halogenated alkanes) is 1. The van der Waals surface area contributed by atoms with Crippen molar-refractivity contribution in [1.29, 1.82) is 0 Å². The minimum Gasteiger partial charge on any atom is -0.382 e. The van der Waals surface area contributed by atoms with Crippen LogP contribution in [0.2, 0.25) is 0 Å². The van der Waals surface area contributed by atoms with Gasteiger partial charge in [0, 0.05) is 26.2 Å². The highest BCUT2D eigenvalue weighted by Crippen LogP contribution is 2.33. The van der Waals surface area contributed by atoms with Crippen LogP contribution in [0.4, 0.5) is 5.82 Å². The first-order valence-corrected chi connectivity index (χ1v) is 9.75. The van der Waals surface area contributed by atoms with Gasteiger partial charge in [-0.25, -0.2) is 9.97 Å². The SMILES string of the molecule is CCCCc1nc2c(N)nc3ccsc3c2n1CC1CCOCC1. The number of hydrogen-bond donors (Lipinski definition) is 1. The summed E-state index contributed by atoms with van der Waals surface area (Å²) < 4.78 is 9.16. The number of rotatable bonds is 5. The van der Waals surface area contributed by atoms with E-state index in [4.69, 9.17) is 15.5 Å². The van der Waals surface area contributed by atoms with Crippen molar-refractivity contribution in [2.45, 2.75) is 45.6 Å². The van der Waals surface area contributed by atoms with Gasteiger partial charge in [-0.1, -0.05) is 13.3 Å². The average Bonchev–Trinajstić information content (AvgIpc) is 3.19. The van der Waals surface area contributed by atoms with E-state index >= 15 is 0 Å². The second-order valence-electron chi connectivity index (χ2n) is 6.63. The quantitative estimate of drug-likeness (QED) is 0.760. The van der Waals surface area contributed by atoms with Gasteiger partial charge in [0.1, 0.15) is 11.3 Å². The summed E-state index contributed by atoms with van der Waals surface area (Å²) in [4.78, 5) is 9.43. The molecular weight excluding hydrogens is 320 g/mol. The Morgan fingerprint density at radius 3 is 2.96 bits per heavy atom.